The predicted octanol–water partition coefficient (Wildman–Crippen LogP) is 3.73. The number of fused-ring (bicyclic) bond motifs is 1. The second-order valence-corrected chi connectivity index (χ2v) is 7.49. The van der Waals surface area contributed by atoms with Gasteiger partial charge in [0.25, 0.3) is 5.89 Å². The summed E-state index contributed by atoms with van der Waals surface area (Å²) in [7, 11) is 0. The maximum absolute atomic E-state index is 6.34. The molecule has 0 atom stereocenters. The van der Waals surface area contributed by atoms with E-state index >= 15 is 0 Å². The van der Waals surface area contributed by atoms with Gasteiger partial charge in [0.2, 0.25) is 0 Å². The molecule has 27 heavy (non-hydrogen) atoms. The average molecular weight is 386 g/mol. The molecule has 2 N–H and O–H groups in total. The summed E-state index contributed by atoms with van der Waals surface area (Å²) in [5, 5.41) is 9.00. The number of benzene rings is 1. The minimum absolute atomic E-state index is 0. The highest BCUT2D eigenvalue weighted by Crippen LogP contribution is 2.39. The Hall–Kier alpha value is -2.18. The van der Waals surface area contributed by atoms with E-state index in [-0.39, 0.29) is 12.4 Å². The molecule has 142 valence electrons. The van der Waals surface area contributed by atoms with Crippen LogP contribution in [0.15, 0.2) is 28.8 Å². The molecular weight excluding hydrogens is 362 g/mol. The molecule has 5 rings (SSSR count). The lowest BCUT2D eigenvalue weighted by atomic mass is 9.77. The van der Waals surface area contributed by atoms with E-state index in [0.29, 0.717) is 11.7 Å². The zero-order chi connectivity index (χ0) is 17.7. The smallest absolute Gasteiger partial charge is 0.278 e. The van der Waals surface area contributed by atoms with Gasteiger partial charge in [-0.25, -0.2) is 4.68 Å². The van der Waals surface area contributed by atoms with Gasteiger partial charge in [-0.15, -0.1) is 12.4 Å². The summed E-state index contributed by atoms with van der Waals surface area (Å²) in [5.41, 5.74) is 11.7. The predicted molar refractivity (Wildman–Crippen MR) is 105 cm³/mol. The molecule has 0 bridgehead atoms. The van der Waals surface area contributed by atoms with E-state index < -0.39 is 5.54 Å². The Bertz CT molecular complexity index is 955. The van der Waals surface area contributed by atoms with Crippen LogP contribution in [0.2, 0.25) is 0 Å². The summed E-state index contributed by atoms with van der Waals surface area (Å²) < 4.78 is 7.61. The summed E-state index contributed by atoms with van der Waals surface area (Å²) in [6.45, 7) is 2.16. The number of halogens is 1. The first-order valence-corrected chi connectivity index (χ1v) is 9.51. The third-order valence-corrected chi connectivity index (χ3v) is 5.84. The number of aryl methyl sites for hydroxylation is 1. The summed E-state index contributed by atoms with van der Waals surface area (Å²) >= 11 is 0. The van der Waals surface area contributed by atoms with Gasteiger partial charge in [-0.05, 0) is 62.6 Å². The van der Waals surface area contributed by atoms with Crippen molar-refractivity contribution in [1.82, 2.24) is 19.9 Å². The molecule has 2 aliphatic rings. The second-order valence-electron chi connectivity index (χ2n) is 7.49. The van der Waals surface area contributed by atoms with Crippen molar-refractivity contribution >= 4 is 12.4 Å². The zero-order valence-electron chi connectivity index (χ0n) is 15.4. The van der Waals surface area contributed by atoms with E-state index in [9.17, 15) is 0 Å². The number of hydrogen-bond acceptors (Lipinski definition) is 5. The topological polar surface area (TPSA) is 82.8 Å². The molecule has 0 spiro atoms. The lowest BCUT2D eigenvalue weighted by Gasteiger charge is -2.34. The van der Waals surface area contributed by atoms with Crippen LogP contribution in [-0.4, -0.2) is 19.9 Å². The number of rotatable bonds is 4. The summed E-state index contributed by atoms with van der Waals surface area (Å²) in [4.78, 5) is 4.61. The third-order valence-electron chi connectivity index (χ3n) is 5.84. The fraction of sp³-hybridized carbons (Fsp3) is 0.450. The van der Waals surface area contributed by atoms with Crippen molar-refractivity contribution in [2.75, 3.05) is 0 Å². The van der Waals surface area contributed by atoms with E-state index in [1.54, 1.807) is 0 Å². The third kappa shape index (κ3) is 2.87. The Balaban J connectivity index is 0.00000180. The molecule has 1 fully saturated rings. The van der Waals surface area contributed by atoms with Crippen molar-refractivity contribution in [2.24, 2.45) is 5.73 Å². The van der Waals surface area contributed by atoms with Crippen LogP contribution in [0.5, 0.6) is 0 Å². The highest BCUT2D eigenvalue weighted by Gasteiger charge is 2.39. The SMILES string of the molecule is CCc1ccc(-n2nc(-c3nc(C4(N)CCC4)no3)c3c2CCC3)cc1.Cl. The van der Waals surface area contributed by atoms with E-state index in [1.165, 1.54) is 16.8 Å². The summed E-state index contributed by atoms with van der Waals surface area (Å²) in [6.07, 6.45) is 7.16. The molecule has 0 aliphatic heterocycles. The average Bonchev–Trinajstić information content (AvgIpc) is 3.36. The van der Waals surface area contributed by atoms with Crippen molar-refractivity contribution < 1.29 is 4.52 Å². The molecule has 0 unspecified atom stereocenters. The van der Waals surface area contributed by atoms with Crippen LogP contribution < -0.4 is 5.73 Å². The molecule has 1 aromatic carbocycles. The largest absolute Gasteiger partial charge is 0.332 e. The Morgan fingerprint density at radius 2 is 1.93 bits per heavy atom. The second kappa shape index (κ2) is 6.77. The van der Waals surface area contributed by atoms with Gasteiger partial charge in [0.15, 0.2) is 11.5 Å². The van der Waals surface area contributed by atoms with Crippen LogP contribution in [0.25, 0.3) is 17.3 Å². The first kappa shape index (κ1) is 18.2. The van der Waals surface area contributed by atoms with Crippen molar-refractivity contribution in [3.8, 4) is 17.3 Å². The standard InChI is InChI=1S/C20H23N5O.ClH/c1-2-13-7-9-14(10-8-13)25-16-6-3-5-15(16)17(23-25)18-22-19(24-26-18)20(21)11-4-12-20;/h7-10H,2-6,11-12,21H2,1H3;1H. The van der Waals surface area contributed by atoms with Gasteiger partial charge in [-0.1, -0.05) is 24.2 Å². The van der Waals surface area contributed by atoms with Crippen molar-refractivity contribution in [2.45, 2.75) is 57.4 Å². The lowest BCUT2D eigenvalue weighted by molar-refractivity contribution is 0.229. The molecule has 2 aliphatic carbocycles. The van der Waals surface area contributed by atoms with E-state index in [4.69, 9.17) is 15.4 Å². The van der Waals surface area contributed by atoms with Crippen LogP contribution in [0.3, 0.4) is 0 Å². The molecule has 0 amide bonds. The number of nitrogens with two attached hydrogens (primary N) is 1. The highest BCUT2D eigenvalue weighted by molar-refractivity contribution is 5.85. The molecule has 0 saturated heterocycles. The van der Waals surface area contributed by atoms with E-state index in [1.807, 2.05) is 4.68 Å². The van der Waals surface area contributed by atoms with Gasteiger partial charge in [0.05, 0.1) is 11.2 Å². The maximum atomic E-state index is 6.34. The Labute approximate surface area is 164 Å². The Morgan fingerprint density at radius 1 is 1.15 bits per heavy atom. The van der Waals surface area contributed by atoms with Gasteiger partial charge in [-0.3, -0.25) is 0 Å². The van der Waals surface area contributed by atoms with Crippen LogP contribution in [0.1, 0.15) is 55.3 Å². The number of hydrogen-bond donors (Lipinski definition) is 1. The minimum atomic E-state index is -0.413. The molecule has 0 radical (unpaired) electrons. The minimum Gasteiger partial charge on any atom is -0.332 e. The van der Waals surface area contributed by atoms with Gasteiger partial charge in [0, 0.05) is 11.3 Å². The van der Waals surface area contributed by atoms with Crippen LogP contribution in [0, 0.1) is 0 Å². The first-order valence-electron chi connectivity index (χ1n) is 9.51. The monoisotopic (exact) mass is 385 g/mol. The van der Waals surface area contributed by atoms with E-state index in [0.717, 1.165) is 56.3 Å². The van der Waals surface area contributed by atoms with E-state index in [2.05, 4.69) is 41.3 Å². The quantitative estimate of drug-likeness (QED) is 0.739. The van der Waals surface area contributed by atoms with Crippen LogP contribution in [-0.2, 0) is 24.8 Å². The molecule has 2 aromatic heterocycles. The van der Waals surface area contributed by atoms with Crippen molar-refractivity contribution in [1.29, 1.82) is 0 Å². The van der Waals surface area contributed by atoms with Gasteiger partial charge >= 0.3 is 0 Å². The number of nitrogens with zero attached hydrogens (tertiary/aromatic N) is 4. The normalized spacial score (nSPS) is 17.3. The van der Waals surface area contributed by atoms with Gasteiger partial charge in [0.1, 0.15) is 0 Å². The Kier molecular flexibility index (Phi) is 4.56. The van der Waals surface area contributed by atoms with Crippen LogP contribution in [0.4, 0.5) is 0 Å². The highest BCUT2D eigenvalue weighted by atomic mass is 35.5. The zero-order valence-corrected chi connectivity index (χ0v) is 16.3. The Morgan fingerprint density at radius 3 is 2.59 bits per heavy atom. The summed E-state index contributed by atoms with van der Waals surface area (Å²) in [6, 6.07) is 8.60. The van der Waals surface area contributed by atoms with Gasteiger partial charge < -0.3 is 10.3 Å². The van der Waals surface area contributed by atoms with Gasteiger partial charge in [-0.2, -0.15) is 10.1 Å². The molecule has 2 heterocycles. The lowest BCUT2D eigenvalue weighted by Crippen LogP contribution is -2.44. The molecule has 3 aromatic rings. The van der Waals surface area contributed by atoms with Crippen LogP contribution >= 0.6 is 12.4 Å². The van der Waals surface area contributed by atoms with Crippen molar-refractivity contribution in [3.05, 3.63) is 46.9 Å². The fourth-order valence-electron chi connectivity index (χ4n) is 4.00. The fourth-order valence-corrected chi connectivity index (χ4v) is 4.00. The number of aromatic nitrogens is 4. The maximum Gasteiger partial charge on any atom is 0.278 e. The molecule has 6 nitrogen and oxygen atoms in total. The van der Waals surface area contributed by atoms with Crippen molar-refractivity contribution in [3.63, 3.8) is 0 Å². The molecule has 7 heteroatoms. The summed E-state index contributed by atoms with van der Waals surface area (Å²) in [5.74, 6) is 1.12. The first-order chi connectivity index (χ1) is 12.7. The molecular formula is C20H24ClN5O. The molecule has 1 saturated carbocycles.